The van der Waals surface area contributed by atoms with Gasteiger partial charge in [-0.1, -0.05) is 0 Å². The standard InChI is InChI=1S/Ba.Ca.Ti.Zr. The van der Waals surface area contributed by atoms with E-state index in [0.717, 1.165) is 0 Å². The van der Waals surface area contributed by atoms with E-state index in [2.05, 4.69) is 0 Å². The molecule has 0 spiro atoms. The summed E-state index contributed by atoms with van der Waals surface area (Å²) >= 11 is 0. The molecule has 0 bridgehead atoms. The summed E-state index contributed by atoms with van der Waals surface area (Å²) in [7, 11) is 0. The first kappa shape index (κ1) is 23.7. The van der Waals surface area contributed by atoms with E-state index in [1.807, 2.05) is 0 Å². The van der Waals surface area contributed by atoms with Gasteiger partial charge in [-0.2, -0.15) is 0 Å². The van der Waals surface area contributed by atoms with Crippen LogP contribution in [0, 0.1) is 0 Å². The first-order valence-corrected chi connectivity index (χ1v) is 0. The van der Waals surface area contributed by atoms with Crippen LogP contribution in [0.4, 0.5) is 0 Å². The molecule has 0 aromatic carbocycles. The molecule has 0 rings (SSSR count). The average Bonchev–Trinajstić information content (AvgIpc) is 0. The van der Waals surface area contributed by atoms with E-state index in [9.17, 15) is 0 Å². The van der Waals surface area contributed by atoms with Crippen molar-refractivity contribution in [2.75, 3.05) is 0 Å². The van der Waals surface area contributed by atoms with Gasteiger partial charge < -0.3 is 0 Å². The summed E-state index contributed by atoms with van der Waals surface area (Å²) < 4.78 is 0. The van der Waals surface area contributed by atoms with Crippen molar-refractivity contribution in [1.82, 2.24) is 0 Å². The molecule has 12 valence electrons. The fourth-order valence-electron chi connectivity index (χ4n) is 0. The van der Waals surface area contributed by atoms with Crippen molar-refractivity contribution in [3.8, 4) is 0 Å². The minimum atomic E-state index is 0. The van der Waals surface area contributed by atoms with Crippen molar-refractivity contribution in [1.29, 1.82) is 0 Å². The van der Waals surface area contributed by atoms with Crippen molar-refractivity contribution in [2.45, 2.75) is 0 Å². The zero-order valence-electron chi connectivity index (χ0n) is 2.41. The molecular weight excluding hydrogens is 316 g/mol. The summed E-state index contributed by atoms with van der Waals surface area (Å²) in [4.78, 5) is 0. The molecule has 0 nitrogen and oxygen atoms in total. The largest absolute Gasteiger partial charge is 0 e. The monoisotopic (exact) mass is 316 g/mol. The Hall–Kier alpha value is 4.43. The van der Waals surface area contributed by atoms with Gasteiger partial charge in [-0.05, 0) is 0 Å². The summed E-state index contributed by atoms with van der Waals surface area (Å²) in [6.45, 7) is 0. The van der Waals surface area contributed by atoms with E-state index >= 15 is 0 Å². The van der Waals surface area contributed by atoms with Gasteiger partial charge in [0.1, 0.15) is 0 Å². The van der Waals surface area contributed by atoms with Gasteiger partial charge in [0, 0.05) is 135 Å². The van der Waals surface area contributed by atoms with Crippen LogP contribution in [0.25, 0.3) is 0 Å². The van der Waals surface area contributed by atoms with Crippen molar-refractivity contribution in [2.24, 2.45) is 0 Å². The molecule has 0 aliphatic carbocycles. The molecule has 0 N–H and O–H groups in total. The maximum Gasteiger partial charge on any atom is 0 e. The Morgan fingerprint density at radius 2 is 1.00 bits per heavy atom. The molecule has 4 heavy (non-hydrogen) atoms. The fraction of sp³-hybridized carbons (Fsp3) is 0. The Kier molecular flexibility index (Phi) is 92.8. The molecule has 0 aliphatic rings. The third kappa shape index (κ3) is 9.66. The summed E-state index contributed by atoms with van der Waals surface area (Å²) in [5, 5.41) is 0. The minimum absolute atomic E-state index is 0. The molecule has 0 heterocycles. The Morgan fingerprint density at radius 3 is 1.00 bits per heavy atom. The second-order valence-corrected chi connectivity index (χ2v) is 0. The second kappa shape index (κ2) is 15.7. The van der Waals surface area contributed by atoms with Gasteiger partial charge in [-0.15, -0.1) is 0 Å². The molecule has 0 aliphatic heterocycles. The summed E-state index contributed by atoms with van der Waals surface area (Å²) in [5.74, 6) is 0. The first-order valence-electron chi connectivity index (χ1n) is 0. The van der Waals surface area contributed by atoms with E-state index in [4.69, 9.17) is 0 Å². The maximum atomic E-state index is 0. The van der Waals surface area contributed by atoms with E-state index in [-0.39, 0.29) is 135 Å². The van der Waals surface area contributed by atoms with Crippen LogP contribution in [-0.4, -0.2) is 86.6 Å². The van der Waals surface area contributed by atoms with Gasteiger partial charge in [-0.3, -0.25) is 0 Å². The van der Waals surface area contributed by atoms with Gasteiger partial charge in [0.05, 0.1) is 0 Å². The van der Waals surface area contributed by atoms with Gasteiger partial charge in [0.25, 0.3) is 0 Å². The number of hydrogen-bond donors (Lipinski definition) is 0. The van der Waals surface area contributed by atoms with Gasteiger partial charge >= 0.3 is 0 Å². The summed E-state index contributed by atoms with van der Waals surface area (Å²) in [6, 6.07) is 0. The third-order valence-corrected chi connectivity index (χ3v) is 0. The molecule has 0 amide bonds. The molecule has 0 aromatic heterocycles. The van der Waals surface area contributed by atoms with Gasteiger partial charge in [0.15, 0.2) is 0 Å². The van der Waals surface area contributed by atoms with Gasteiger partial charge in [-0.25, -0.2) is 0 Å². The van der Waals surface area contributed by atoms with Crippen molar-refractivity contribution in [3.05, 3.63) is 0 Å². The molecule has 0 atom stereocenters. The zero-order valence-corrected chi connectivity index (χ0v) is 13.1. The van der Waals surface area contributed by atoms with Crippen LogP contribution in [-0.2, 0) is 47.9 Å². The molecule has 0 saturated heterocycles. The van der Waals surface area contributed by atoms with Crippen LogP contribution in [0.2, 0.25) is 0 Å². The molecule has 0 saturated carbocycles. The van der Waals surface area contributed by atoms with Crippen LogP contribution in [0.15, 0.2) is 0 Å². The third-order valence-electron chi connectivity index (χ3n) is 0. The van der Waals surface area contributed by atoms with Crippen LogP contribution in [0.5, 0.6) is 0 Å². The topological polar surface area (TPSA) is 0 Å². The normalized spacial score (nSPS) is 0. The van der Waals surface area contributed by atoms with E-state index < -0.39 is 0 Å². The molecule has 0 unspecified atom stereocenters. The van der Waals surface area contributed by atoms with Crippen LogP contribution >= 0.6 is 0 Å². The number of hydrogen-bond acceptors (Lipinski definition) is 0. The van der Waals surface area contributed by atoms with E-state index in [1.165, 1.54) is 0 Å². The van der Waals surface area contributed by atoms with E-state index in [1.54, 1.807) is 0 Å². The number of rotatable bonds is 0. The minimum Gasteiger partial charge on any atom is 0 e. The molecule has 4 heteroatoms. The summed E-state index contributed by atoms with van der Waals surface area (Å²) in [6.07, 6.45) is 0. The van der Waals surface area contributed by atoms with Crippen molar-refractivity contribution < 1.29 is 47.9 Å². The Balaban J connectivity index is 0. The van der Waals surface area contributed by atoms with Crippen molar-refractivity contribution >= 4 is 86.6 Å². The summed E-state index contributed by atoms with van der Waals surface area (Å²) in [5.41, 5.74) is 0. The first-order chi connectivity index (χ1) is 0. The average molecular weight is 316 g/mol. The van der Waals surface area contributed by atoms with Crippen molar-refractivity contribution in [3.63, 3.8) is 0 Å². The Labute approximate surface area is 130 Å². The van der Waals surface area contributed by atoms with Crippen LogP contribution in [0.3, 0.4) is 0 Å². The van der Waals surface area contributed by atoms with E-state index in [0.29, 0.717) is 0 Å². The zero-order chi connectivity index (χ0) is 0. The maximum absolute atomic E-state index is 0. The molecular formula is BaCaTiZr. The SMILES string of the molecule is [Ba].[Ca].[Ti].[Zr]. The van der Waals surface area contributed by atoms with Gasteiger partial charge in [0.2, 0.25) is 0 Å². The Morgan fingerprint density at radius 1 is 1.00 bits per heavy atom. The van der Waals surface area contributed by atoms with Crippen LogP contribution < -0.4 is 0 Å². The predicted octanol–water partition coefficient (Wildman–Crippen LogP) is -0.767. The predicted molar refractivity (Wildman–Crippen MR) is 11.5 cm³/mol. The second-order valence-electron chi connectivity index (χ2n) is 0. The Bertz CT molecular complexity index is 8.00. The quantitative estimate of drug-likeness (QED) is 0.515. The molecule has 0 aromatic rings. The smallest absolute Gasteiger partial charge is 0 e. The molecule has 0 fully saturated rings. The molecule has 4 radical (unpaired) electrons. The fourth-order valence-corrected chi connectivity index (χ4v) is 0. The van der Waals surface area contributed by atoms with Crippen LogP contribution in [0.1, 0.15) is 0 Å².